The molecular weight excluding hydrogens is 1650 g/mol. The van der Waals surface area contributed by atoms with E-state index in [0.29, 0.717) is 0 Å². The Bertz CT molecular complexity index is 5120. The Morgan fingerprint density at radius 2 is 0.557 bits per heavy atom. The number of benzene rings is 3. The normalized spacial score (nSPS) is 12.9. The fourth-order valence-electron chi connectivity index (χ4n) is 19.4. The van der Waals surface area contributed by atoms with Gasteiger partial charge in [0.15, 0.2) is 0 Å². The summed E-state index contributed by atoms with van der Waals surface area (Å²) in [5, 5.41) is 0. The van der Waals surface area contributed by atoms with Crippen LogP contribution in [0.2, 0.25) is 0 Å². The first-order valence-electron chi connectivity index (χ1n) is 49.3. The van der Waals surface area contributed by atoms with Crippen LogP contribution in [0.1, 0.15) is 397 Å². The SMILES string of the molecule is CCCCCCCCc1cc(-c2ccc3c(c2)C(CCCCCCCC)(CCCCCCCC)c2cc(C(C)(CC)CC)ccc2-3)sc1-c1ccc(-c2ccc(-c3sc(-c4ccc(-c5cc(CCCCCCCC)c(-c6ccc(-c7ccc(-c8sc(C(C)(CC)CC)cc8CCCCCCCC)s7)s6)s5)c5nsnc45)cc3CCCCCCCC)s2)s1. The van der Waals surface area contributed by atoms with Crippen LogP contribution in [0.3, 0.4) is 0 Å². The van der Waals surface area contributed by atoms with Gasteiger partial charge in [-0.15, -0.1) is 90.7 Å². The number of aryl methyl sites for hydroxylation is 4. The van der Waals surface area contributed by atoms with E-state index < -0.39 is 0 Å². The highest BCUT2D eigenvalue weighted by atomic mass is 32.1. The minimum atomic E-state index is 0.0235. The van der Waals surface area contributed by atoms with E-state index in [1.807, 2.05) is 68.0 Å². The van der Waals surface area contributed by atoms with Crippen molar-refractivity contribution < 1.29 is 0 Å². The fraction of sp³-hybridized carbons (Fsp3) is 0.550. The topological polar surface area (TPSA) is 25.8 Å². The zero-order valence-corrected chi connectivity index (χ0v) is 84.5. The van der Waals surface area contributed by atoms with Gasteiger partial charge in [0, 0.05) is 100.0 Å². The molecule has 3 aromatic carbocycles. The van der Waals surface area contributed by atoms with E-state index in [0.717, 1.165) is 43.1 Å². The van der Waals surface area contributed by atoms with E-state index in [1.54, 1.807) is 32.7 Å². The molecule has 0 saturated heterocycles. The van der Waals surface area contributed by atoms with Crippen LogP contribution in [0.5, 0.6) is 0 Å². The lowest BCUT2D eigenvalue weighted by Gasteiger charge is -2.35. The van der Waals surface area contributed by atoms with Crippen molar-refractivity contribution in [3.63, 3.8) is 0 Å². The molecule has 9 aromatic heterocycles. The van der Waals surface area contributed by atoms with E-state index >= 15 is 0 Å². The molecule has 122 heavy (non-hydrogen) atoms. The van der Waals surface area contributed by atoms with Crippen LogP contribution < -0.4 is 0 Å². The maximum Gasteiger partial charge on any atom is 0.114 e. The van der Waals surface area contributed by atoms with Crippen molar-refractivity contribution in [2.45, 2.75) is 395 Å². The molecule has 12 aromatic rings. The molecule has 11 heteroatoms. The molecule has 0 amide bonds. The van der Waals surface area contributed by atoms with E-state index in [-0.39, 0.29) is 16.2 Å². The van der Waals surface area contributed by atoms with Crippen LogP contribution in [0, 0.1) is 0 Å². The van der Waals surface area contributed by atoms with Crippen molar-refractivity contribution in [3.8, 4) is 101 Å². The third kappa shape index (κ3) is 23.2. The number of thiophene rings is 8. The summed E-state index contributed by atoms with van der Waals surface area (Å²) < 4.78 is 10.5. The number of hydrogen-bond donors (Lipinski definition) is 0. The predicted molar refractivity (Wildman–Crippen MR) is 556 cm³/mol. The number of unbranched alkanes of at least 4 members (excludes halogenated alkanes) is 30. The van der Waals surface area contributed by atoms with Crippen molar-refractivity contribution >= 4 is 113 Å². The number of nitrogens with zero attached hydrogens (tertiary/aromatic N) is 2. The quantitative estimate of drug-likeness (QED) is 0.0355. The standard InChI is InChI=1S/C111H148N2S9/c1-13-23-29-35-41-47-53-80-74-99(79-57-59-85-86-60-58-84(109(11,19-7)20-8)78-90(86)111(89(85)73-79,71-51-45-39-33-27-17-5)72-52-46-40-34-28-18-6)118-105(80)95-67-63-91(114-95)92-64-68-96(115-92)106-81(54-48-42-36-30-24-14-2)75-100(119-106)87-61-62-88(104-103(87)112-122-113-104)101-76-82(55-49-43-37-31-25-15-3)107(120-101)97-69-65-93(116-97)94-66-70-98(117-94)108-83(56-50-44-38-32-26-16-4)77-102(121-108)110(12,21-9)22-10/h57-70,73-78H,13-56,71-72H2,1-12H3. The van der Waals surface area contributed by atoms with Gasteiger partial charge in [0.05, 0.1) is 11.7 Å². The summed E-state index contributed by atoms with van der Waals surface area (Å²) in [6.45, 7) is 28.7. The Labute approximate surface area is 775 Å². The lowest BCUT2D eigenvalue weighted by atomic mass is 9.68. The third-order valence-electron chi connectivity index (χ3n) is 28.2. The van der Waals surface area contributed by atoms with Crippen LogP contribution >= 0.6 is 102 Å². The molecule has 0 aliphatic heterocycles. The molecule has 0 bridgehead atoms. The predicted octanol–water partition coefficient (Wildman–Crippen LogP) is 40.7. The van der Waals surface area contributed by atoms with E-state index in [2.05, 4.69) is 227 Å². The van der Waals surface area contributed by atoms with Gasteiger partial charge in [0.2, 0.25) is 0 Å². The highest BCUT2D eigenvalue weighted by Crippen LogP contribution is 2.58. The number of hydrogen-bond acceptors (Lipinski definition) is 11. The average Bonchev–Trinajstić information content (AvgIpc) is 1.55. The molecule has 2 nitrogen and oxygen atoms in total. The van der Waals surface area contributed by atoms with Crippen LogP contribution in [-0.4, -0.2) is 8.75 Å². The summed E-state index contributed by atoms with van der Waals surface area (Å²) in [5.74, 6) is 0. The lowest BCUT2D eigenvalue weighted by Crippen LogP contribution is -2.27. The van der Waals surface area contributed by atoms with Crippen LogP contribution in [-0.2, 0) is 41.9 Å². The third-order valence-corrected chi connectivity index (χ3v) is 39.3. The van der Waals surface area contributed by atoms with Crippen molar-refractivity contribution in [1.29, 1.82) is 0 Å². The molecule has 0 N–H and O–H groups in total. The number of fused-ring (bicyclic) bond motifs is 4. The van der Waals surface area contributed by atoms with Crippen molar-refractivity contribution in [1.82, 2.24) is 8.75 Å². The second-order valence-electron chi connectivity index (χ2n) is 36.9. The molecule has 0 atom stereocenters. The number of rotatable bonds is 57. The molecule has 0 unspecified atom stereocenters. The maximum atomic E-state index is 5.24. The van der Waals surface area contributed by atoms with Gasteiger partial charge in [-0.3, -0.25) is 0 Å². The van der Waals surface area contributed by atoms with Gasteiger partial charge >= 0.3 is 0 Å². The molecule has 0 spiro atoms. The smallest absolute Gasteiger partial charge is 0.114 e. The number of aromatic nitrogens is 2. The molecule has 9 heterocycles. The average molecular weight is 1800 g/mol. The molecule has 0 saturated carbocycles. The summed E-state index contributed by atoms with van der Waals surface area (Å²) in [7, 11) is 0. The van der Waals surface area contributed by atoms with Crippen LogP contribution in [0.25, 0.3) is 112 Å². The second-order valence-corrected chi connectivity index (χ2v) is 46.0. The molecule has 0 radical (unpaired) electrons. The Morgan fingerprint density at radius 3 is 0.934 bits per heavy atom. The summed E-state index contributed by atoms with van der Waals surface area (Å²) in [5.41, 5.74) is 20.3. The first kappa shape index (κ1) is 94.7. The van der Waals surface area contributed by atoms with Crippen LogP contribution in [0.15, 0.2) is 121 Å². The van der Waals surface area contributed by atoms with Gasteiger partial charge < -0.3 is 0 Å². The van der Waals surface area contributed by atoms with Crippen molar-refractivity contribution in [3.05, 3.63) is 165 Å². The molecule has 656 valence electrons. The maximum absolute atomic E-state index is 5.24. The summed E-state index contributed by atoms with van der Waals surface area (Å²) in [6, 6.07) is 50.5. The fourth-order valence-corrected chi connectivity index (χ4v) is 29.9. The Hall–Kier alpha value is -4.92. The first-order chi connectivity index (χ1) is 59.8. The summed E-state index contributed by atoms with van der Waals surface area (Å²) >= 11 is 17.6. The minimum Gasteiger partial charge on any atom is -0.172 e. The Morgan fingerprint density at radius 1 is 0.254 bits per heavy atom. The van der Waals surface area contributed by atoms with Gasteiger partial charge in [-0.2, -0.15) is 8.75 Å². The largest absolute Gasteiger partial charge is 0.172 e. The highest BCUT2D eigenvalue weighted by molar-refractivity contribution is 7.30. The van der Waals surface area contributed by atoms with Gasteiger partial charge in [-0.05, 0) is 230 Å². The zero-order valence-electron chi connectivity index (χ0n) is 77.1. The molecule has 0 fully saturated rings. The second kappa shape index (κ2) is 47.4. The van der Waals surface area contributed by atoms with Crippen LogP contribution in [0.4, 0.5) is 0 Å². The molecule has 13 rings (SSSR count). The summed E-state index contributed by atoms with van der Waals surface area (Å²) in [6.07, 6.45) is 59.0. The van der Waals surface area contributed by atoms with Crippen molar-refractivity contribution in [2.24, 2.45) is 0 Å². The first-order valence-corrected chi connectivity index (χ1v) is 56.5. The highest BCUT2D eigenvalue weighted by Gasteiger charge is 2.44. The summed E-state index contributed by atoms with van der Waals surface area (Å²) in [4.78, 5) is 22.7. The molecular formula is C111H148N2S9. The van der Waals surface area contributed by atoms with Gasteiger partial charge in [0.1, 0.15) is 11.0 Å². The molecule has 1 aliphatic carbocycles. The van der Waals surface area contributed by atoms with Gasteiger partial charge in [0.25, 0.3) is 0 Å². The monoisotopic (exact) mass is 1800 g/mol. The van der Waals surface area contributed by atoms with E-state index in [9.17, 15) is 0 Å². The lowest BCUT2D eigenvalue weighted by molar-refractivity contribution is 0.395. The van der Waals surface area contributed by atoms with E-state index in [1.165, 1.54) is 387 Å². The van der Waals surface area contributed by atoms with Gasteiger partial charge in [-0.1, -0.05) is 331 Å². The molecule has 1 aliphatic rings. The Balaban J connectivity index is 0.800. The van der Waals surface area contributed by atoms with E-state index in [4.69, 9.17) is 8.75 Å². The van der Waals surface area contributed by atoms with Crippen molar-refractivity contribution in [2.75, 3.05) is 0 Å². The van der Waals surface area contributed by atoms with Gasteiger partial charge in [-0.25, -0.2) is 0 Å². The zero-order chi connectivity index (χ0) is 85.3. The minimum absolute atomic E-state index is 0.0235. The Kier molecular flexibility index (Phi) is 36.8.